The minimum atomic E-state index is -0.638. The fourth-order valence-electron chi connectivity index (χ4n) is 2.64. The van der Waals surface area contributed by atoms with Crippen molar-refractivity contribution in [3.63, 3.8) is 0 Å². The van der Waals surface area contributed by atoms with Crippen LogP contribution >= 0.6 is 11.6 Å². The van der Waals surface area contributed by atoms with Gasteiger partial charge in [-0.05, 0) is 24.3 Å². The highest BCUT2D eigenvalue weighted by Crippen LogP contribution is 2.21. The molecule has 7 heteroatoms. The number of carbonyl (C=O) groups excluding carboxylic acids is 2. The van der Waals surface area contributed by atoms with Gasteiger partial charge in [-0.2, -0.15) is 0 Å². The Labute approximate surface area is 143 Å². The summed E-state index contributed by atoms with van der Waals surface area (Å²) in [5.41, 5.74) is 0.389. The highest BCUT2D eigenvalue weighted by Gasteiger charge is 2.28. The molecule has 0 spiro atoms. The second kappa shape index (κ2) is 6.97. The summed E-state index contributed by atoms with van der Waals surface area (Å²) in [4.78, 5) is 31.9. The highest BCUT2D eigenvalue weighted by atomic mass is 35.5. The van der Waals surface area contributed by atoms with Gasteiger partial charge < -0.3 is 9.80 Å². The van der Waals surface area contributed by atoms with Crippen LogP contribution in [0, 0.1) is 5.82 Å². The van der Waals surface area contributed by atoms with E-state index >= 15 is 0 Å². The van der Waals surface area contributed by atoms with Crippen LogP contribution in [0.1, 0.15) is 20.7 Å². The number of aromatic nitrogens is 1. The second-order valence-corrected chi connectivity index (χ2v) is 5.83. The molecule has 0 N–H and O–H groups in total. The van der Waals surface area contributed by atoms with E-state index in [0.29, 0.717) is 31.7 Å². The van der Waals surface area contributed by atoms with E-state index in [2.05, 4.69) is 4.98 Å². The topological polar surface area (TPSA) is 53.5 Å². The monoisotopic (exact) mass is 347 g/mol. The predicted octanol–water partition coefficient (Wildman–Crippen LogP) is 2.47. The molecule has 1 fully saturated rings. The van der Waals surface area contributed by atoms with Crippen LogP contribution in [0.15, 0.2) is 42.7 Å². The molecule has 1 aliphatic rings. The maximum atomic E-state index is 13.9. The first-order valence-corrected chi connectivity index (χ1v) is 7.88. The molecule has 0 atom stereocenters. The number of amides is 2. The third-order valence-electron chi connectivity index (χ3n) is 3.94. The molecule has 124 valence electrons. The number of nitrogens with zero attached hydrogens (tertiary/aromatic N) is 3. The first kappa shape index (κ1) is 16.4. The van der Waals surface area contributed by atoms with Gasteiger partial charge in [0.2, 0.25) is 0 Å². The van der Waals surface area contributed by atoms with E-state index in [9.17, 15) is 14.0 Å². The van der Waals surface area contributed by atoms with Crippen molar-refractivity contribution in [1.82, 2.24) is 14.8 Å². The van der Waals surface area contributed by atoms with Gasteiger partial charge in [-0.25, -0.2) is 4.39 Å². The smallest absolute Gasteiger partial charge is 0.258 e. The third kappa shape index (κ3) is 3.23. The van der Waals surface area contributed by atoms with Gasteiger partial charge in [0, 0.05) is 38.6 Å². The molecule has 0 saturated carbocycles. The Kier molecular flexibility index (Phi) is 4.76. The largest absolute Gasteiger partial charge is 0.335 e. The van der Waals surface area contributed by atoms with Crippen molar-refractivity contribution in [3.05, 3.63) is 64.7 Å². The normalized spacial score (nSPS) is 14.6. The summed E-state index contributed by atoms with van der Waals surface area (Å²) < 4.78 is 13.9. The number of halogens is 2. The van der Waals surface area contributed by atoms with Gasteiger partial charge in [-0.3, -0.25) is 14.6 Å². The summed E-state index contributed by atoms with van der Waals surface area (Å²) >= 11 is 5.94. The molecule has 0 unspecified atom stereocenters. The van der Waals surface area contributed by atoms with Gasteiger partial charge in [0.1, 0.15) is 5.82 Å². The number of piperazine rings is 1. The minimum Gasteiger partial charge on any atom is -0.335 e. The van der Waals surface area contributed by atoms with Crippen LogP contribution in [0.5, 0.6) is 0 Å². The van der Waals surface area contributed by atoms with Crippen molar-refractivity contribution in [2.75, 3.05) is 26.2 Å². The zero-order chi connectivity index (χ0) is 17.1. The Hall–Kier alpha value is -2.47. The van der Waals surface area contributed by atoms with E-state index in [0.717, 1.165) is 0 Å². The number of hydrogen-bond acceptors (Lipinski definition) is 3. The summed E-state index contributed by atoms with van der Waals surface area (Å²) in [7, 11) is 0. The Morgan fingerprint density at radius 3 is 2.25 bits per heavy atom. The quantitative estimate of drug-likeness (QED) is 0.838. The molecule has 5 nitrogen and oxygen atoms in total. The van der Waals surface area contributed by atoms with Crippen LogP contribution in [0.2, 0.25) is 5.02 Å². The molecule has 1 aromatic heterocycles. The van der Waals surface area contributed by atoms with Gasteiger partial charge in [-0.15, -0.1) is 0 Å². The van der Waals surface area contributed by atoms with Gasteiger partial charge in [0.25, 0.3) is 11.8 Å². The lowest BCUT2D eigenvalue weighted by atomic mass is 10.1. The van der Waals surface area contributed by atoms with E-state index < -0.39 is 11.7 Å². The van der Waals surface area contributed by atoms with Crippen LogP contribution in [0.25, 0.3) is 0 Å². The molecule has 1 saturated heterocycles. The Morgan fingerprint density at radius 1 is 1.00 bits per heavy atom. The maximum absolute atomic E-state index is 13.9. The number of rotatable bonds is 2. The Morgan fingerprint density at radius 2 is 1.67 bits per heavy atom. The first-order chi connectivity index (χ1) is 11.6. The molecule has 1 aromatic carbocycles. The van der Waals surface area contributed by atoms with Crippen LogP contribution in [0.3, 0.4) is 0 Å². The Balaban J connectivity index is 1.67. The second-order valence-electron chi connectivity index (χ2n) is 5.42. The lowest BCUT2D eigenvalue weighted by Gasteiger charge is -2.35. The lowest BCUT2D eigenvalue weighted by molar-refractivity contribution is 0.0532. The van der Waals surface area contributed by atoms with Crippen molar-refractivity contribution in [1.29, 1.82) is 0 Å². The summed E-state index contributed by atoms with van der Waals surface area (Å²) in [5.74, 6) is -1.22. The maximum Gasteiger partial charge on any atom is 0.258 e. The summed E-state index contributed by atoms with van der Waals surface area (Å²) in [6.45, 7) is 1.42. The zero-order valence-corrected chi connectivity index (χ0v) is 13.5. The fraction of sp³-hybridized carbons (Fsp3) is 0.235. The molecule has 0 bridgehead atoms. The molecule has 3 rings (SSSR count). The van der Waals surface area contributed by atoms with Gasteiger partial charge in [0.15, 0.2) is 0 Å². The standard InChI is InChI=1S/C17H15ClFN3O2/c18-13-4-1-5-14(19)15(13)17(24)22-9-7-21(8-10-22)16(23)12-3-2-6-20-11-12/h1-6,11H,7-10H2. The number of benzene rings is 1. The molecule has 0 aliphatic carbocycles. The zero-order valence-electron chi connectivity index (χ0n) is 12.8. The van der Waals surface area contributed by atoms with Crippen LogP contribution in [0.4, 0.5) is 4.39 Å². The van der Waals surface area contributed by atoms with Crippen molar-refractivity contribution in [2.45, 2.75) is 0 Å². The Bertz CT molecular complexity index is 741. The fourth-order valence-corrected chi connectivity index (χ4v) is 2.89. The van der Waals surface area contributed by atoms with Gasteiger partial charge in [0.05, 0.1) is 16.1 Å². The highest BCUT2D eigenvalue weighted by molar-refractivity contribution is 6.33. The molecular weight excluding hydrogens is 333 g/mol. The molecule has 24 heavy (non-hydrogen) atoms. The lowest BCUT2D eigenvalue weighted by Crippen LogP contribution is -2.50. The van der Waals surface area contributed by atoms with Crippen LogP contribution in [-0.4, -0.2) is 52.8 Å². The first-order valence-electron chi connectivity index (χ1n) is 7.50. The minimum absolute atomic E-state index is 0.0915. The van der Waals surface area contributed by atoms with Crippen molar-refractivity contribution in [2.24, 2.45) is 0 Å². The average Bonchev–Trinajstić information content (AvgIpc) is 2.62. The summed E-state index contributed by atoms with van der Waals surface area (Å²) in [6, 6.07) is 7.56. The summed E-state index contributed by atoms with van der Waals surface area (Å²) in [6.07, 6.45) is 3.12. The number of carbonyl (C=O) groups is 2. The van der Waals surface area contributed by atoms with E-state index in [1.54, 1.807) is 23.2 Å². The van der Waals surface area contributed by atoms with E-state index in [1.807, 2.05) is 0 Å². The SMILES string of the molecule is O=C(c1cccnc1)N1CCN(C(=O)c2c(F)cccc2Cl)CC1. The van der Waals surface area contributed by atoms with Gasteiger partial charge >= 0.3 is 0 Å². The molecule has 0 radical (unpaired) electrons. The third-order valence-corrected chi connectivity index (χ3v) is 4.25. The molecular formula is C17H15ClFN3O2. The van der Waals surface area contributed by atoms with Gasteiger partial charge in [-0.1, -0.05) is 17.7 Å². The van der Waals surface area contributed by atoms with Crippen molar-refractivity contribution < 1.29 is 14.0 Å². The van der Waals surface area contributed by atoms with Crippen LogP contribution < -0.4 is 0 Å². The van der Waals surface area contributed by atoms with Crippen LogP contribution in [-0.2, 0) is 0 Å². The molecule has 2 amide bonds. The van der Waals surface area contributed by atoms with Crippen molar-refractivity contribution in [3.8, 4) is 0 Å². The van der Waals surface area contributed by atoms with E-state index in [4.69, 9.17) is 11.6 Å². The average molecular weight is 348 g/mol. The molecule has 2 heterocycles. The molecule has 2 aromatic rings. The summed E-state index contributed by atoms with van der Waals surface area (Å²) in [5, 5.41) is 0.0915. The molecule has 1 aliphatic heterocycles. The number of hydrogen-bond donors (Lipinski definition) is 0. The van der Waals surface area contributed by atoms with E-state index in [-0.39, 0.29) is 16.5 Å². The van der Waals surface area contributed by atoms with E-state index in [1.165, 1.54) is 29.3 Å². The van der Waals surface area contributed by atoms with Crippen molar-refractivity contribution >= 4 is 23.4 Å². The number of pyridine rings is 1. The predicted molar refractivity (Wildman–Crippen MR) is 87.5 cm³/mol.